The molecule has 0 bridgehead atoms. The average Bonchev–Trinajstić information content (AvgIpc) is 2.52. The number of fused-ring (bicyclic) bond motifs is 1. The van der Waals surface area contributed by atoms with Gasteiger partial charge in [-0.2, -0.15) is 0 Å². The van der Waals surface area contributed by atoms with Crippen molar-refractivity contribution in [1.82, 2.24) is 0 Å². The molecular formula is C10H6N2O6. The third kappa shape index (κ3) is 1.79. The lowest BCUT2D eigenvalue weighted by atomic mass is 10.1. The van der Waals surface area contributed by atoms with Crippen molar-refractivity contribution in [3.8, 4) is 0 Å². The van der Waals surface area contributed by atoms with Gasteiger partial charge >= 0.3 is 11.9 Å². The van der Waals surface area contributed by atoms with Gasteiger partial charge in [-0.05, 0) is 6.07 Å². The molecule has 0 aliphatic carbocycles. The zero-order chi connectivity index (χ0) is 13.4. The van der Waals surface area contributed by atoms with Gasteiger partial charge in [0.2, 0.25) is 5.91 Å². The molecule has 0 saturated heterocycles. The molecule has 1 aromatic carbocycles. The number of esters is 2. The lowest BCUT2D eigenvalue weighted by Gasteiger charge is -2.04. The van der Waals surface area contributed by atoms with Gasteiger partial charge < -0.3 is 10.1 Å². The molecule has 1 aliphatic heterocycles. The summed E-state index contributed by atoms with van der Waals surface area (Å²) in [5.74, 6) is -2.36. The minimum absolute atomic E-state index is 0.102. The monoisotopic (exact) mass is 250 g/mol. The van der Waals surface area contributed by atoms with Crippen molar-refractivity contribution in [1.29, 1.82) is 0 Å². The largest absolute Gasteiger partial charge is 0.386 e. The van der Waals surface area contributed by atoms with E-state index in [9.17, 15) is 24.5 Å². The van der Waals surface area contributed by atoms with E-state index in [0.717, 1.165) is 12.1 Å². The molecule has 0 radical (unpaired) electrons. The van der Waals surface area contributed by atoms with Crippen molar-refractivity contribution in [3.05, 3.63) is 33.4 Å². The maximum Gasteiger partial charge on any atom is 0.347 e. The Morgan fingerprint density at radius 1 is 1.28 bits per heavy atom. The third-order valence-electron chi connectivity index (χ3n) is 2.27. The van der Waals surface area contributed by atoms with Crippen LogP contribution in [0.5, 0.6) is 0 Å². The van der Waals surface area contributed by atoms with E-state index in [4.69, 9.17) is 0 Å². The summed E-state index contributed by atoms with van der Waals surface area (Å²) >= 11 is 0. The standard InChI is InChI=1S/C10H6N2O6/c1-4(13)11-7-2-5-6(3-8(7)12(16)17)10(15)18-9(5)14/h2-3H,1H3,(H,11,13). The number of ether oxygens (including phenoxy) is 1. The van der Waals surface area contributed by atoms with E-state index in [0.29, 0.717) is 0 Å². The van der Waals surface area contributed by atoms with Gasteiger partial charge in [0.15, 0.2) is 0 Å². The number of rotatable bonds is 2. The molecule has 0 fully saturated rings. The van der Waals surface area contributed by atoms with Crippen molar-refractivity contribution in [2.75, 3.05) is 5.32 Å². The number of nitrogens with zero attached hydrogens (tertiary/aromatic N) is 1. The highest BCUT2D eigenvalue weighted by atomic mass is 16.6. The first kappa shape index (κ1) is 11.7. The first-order valence-corrected chi connectivity index (χ1v) is 4.76. The predicted molar refractivity (Wildman–Crippen MR) is 57.1 cm³/mol. The quantitative estimate of drug-likeness (QED) is 0.360. The second-order valence-corrected chi connectivity index (χ2v) is 3.53. The summed E-state index contributed by atoms with van der Waals surface area (Å²) in [6.07, 6.45) is 0. The van der Waals surface area contributed by atoms with Gasteiger partial charge in [0.1, 0.15) is 5.69 Å². The lowest BCUT2D eigenvalue weighted by Crippen LogP contribution is -2.09. The number of benzene rings is 1. The number of nitrogens with one attached hydrogen (secondary N) is 1. The fraction of sp³-hybridized carbons (Fsp3) is 0.100. The van der Waals surface area contributed by atoms with Crippen LogP contribution in [-0.4, -0.2) is 22.8 Å². The van der Waals surface area contributed by atoms with Crippen LogP contribution in [0.15, 0.2) is 12.1 Å². The summed E-state index contributed by atoms with van der Waals surface area (Å²) in [4.78, 5) is 43.5. The lowest BCUT2D eigenvalue weighted by molar-refractivity contribution is -0.384. The molecule has 0 saturated carbocycles. The van der Waals surface area contributed by atoms with E-state index in [1.165, 1.54) is 6.92 Å². The smallest absolute Gasteiger partial charge is 0.347 e. The van der Waals surface area contributed by atoms with Crippen molar-refractivity contribution in [2.45, 2.75) is 6.92 Å². The highest BCUT2D eigenvalue weighted by Crippen LogP contribution is 2.32. The van der Waals surface area contributed by atoms with Crippen LogP contribution in [0, 0.1) is 10.1 Å². The van der Waals surface area contributed by atoms with Crippen LogP contribution in [-0.2, 0) is 9.53 Å². The van der Waals surface area contributed by atoms with E-state index >= 15 is 0 Å². The van der Waals surface area contributed by atoms with Crippen LogP contribution in [0.25, 0.3) is 0 Å². The molecule has 1 aliphatic rings. The molecule has 1 heterocycles. The van der Waals surface area contributed by atoms with Crippen LogP contribution >= 0.6 is 0 Å². The minimum atomic E-state index is -0.938. The Morgan fingerprint density at radius 3 is 2.33 bits per heavy atom. The Hall–Kier alpha value is -2.77. The van der Waals surface area contributed by atoms with Crippen LogP contribution in [0.1, 0.15) is 27.6 Å². The zero-order valence-electron chi connectivity index (χ0n) is 9.05. The maximum absolute atomic E-state index is 11.3. The van der Waals surface area contributed by atoms with Gasteiger partial charge in [-0.3, -0.25) is 14.9 Å². The second-order valence-electron chi connectivity index (χ2n) is 3.53. The molecule has 1 amide bonds. The number of nitro groups is 1. The van der Waals surface area contributed by atoms with Gasteiger partial charge in [-0.25, -0.2) is 9.59 Å². The summed E-state index contributed by atoms with van der Waals surface area (Å²) in [6, 6.07) is 1.97. The zero-order valence-corrected chi connectivity index (χ0v) is 9.05. The molecular weight excluding hydrogens is 244 g/mol. The highest BCUT2D eigenvalue weighted by molar-refractivity contribution is 6.16. The Bertz CT molecular complexity index is 607. The van der Waals surface area contributed by atoms with E-state index in [1.807, 2.05) is 0 Å². The second kappa shape index (κ2) is 3.91. The van der Waals surface area contributed by atoms with E-state index in [2.05, 4.69) is 10.1 Å². The average molecular weight is 250 g/mol. The van der Waals surface area contributed by atoms with Gasteiger partial charge in [0, 0.05) is 13.0 Å². The van der Waals surface area contributed by atoms with Crippen molar-refractivity contribution >= 4 is 29.2 Å². The number of hydrogen-bond acceptors (Lipinski definition) is 6. The van der Waals surface area contributed by atoms with Gasteiger partial charge in [0.05, 0.1) is 16.1 Å². The molecule has 8 nitrogen and oxygen atoms in total. The molecule has 0 spiro atoms. The van der Waals surface area contributed by atoms with E-state index in [1.54, 1.807) is 0 Å². The summed E-state index contributed by atoms with van der Waals surface area (Å²) in [7, 11) is 0. The fourth-order valence-corrected chi connectivity index (χ4v) is 1.56. The van der Waals surface area contributed by atoms with Gasteiger partial charge in [0.25, 0.3) is 5.69 Å². The molecule has 0 aromatic heterocycles. The Balaban J connectivity index is 2.63. The van der Waals surface area contributed by atoms with Crippen LogP contribution in [0.2, 0.25) is 0 Å². The molecule has 18 heavy (non-hydrogen) atoms. The topological polar surface area (TPSA) is 116 Å². The Kier molecular flexibility index (Phi) is 2.55. The highest BCUT2D eigenvalue weighted by Gasteiger charge is 2.33. The van der Waals surface area contributed by atoms with Crippen LogP contribution in [0.4, 0.5) is 11.4 Å². The number of carbonyl (C=O) groups is 3. The summed E-state index contributed by atoms with van der Waals surface area (Å²) in [5.41, 5.74) is -0.913. The van der Waals surface area contributed by atoms with E-state index in [-0.39, 0.29) is 16.8 Å². The Labute approximate surface area is 99.7 Å². The minimum Gasteiger partial charge on any atom is -0.386 e. The first-order chi connectivity index (χ1) is 8.40. The van der Waals surface area contributed by atoms with Crippen LogP contribution in [0.3, 0.4) is 0 Å². The molecule has 2 rings (SSSR count). The number of amides is 1. The summed E-state index contributed by atoms with van der Waals surface area (Å²) in [5, 5.41) is 13.0. The molecule has 1 aromatic rings. The number of anilines is 1. The molecule has 0 unspecified atom stereocenters. The van der Waals surface area contributed by atoms with Crippen molar-refractivity contribution < 1.29 is 24.0 Å². The Morgan fingerprint density at radius 2 is 1.83 bits per heavy atom. The number of nitro benzene ring substituents is 1. The van der Waals surface area contributed by atoms with Gasteiger partial charge in [-0.15, -0.1) is 0 Å². The maximum atomic E-state index is 11.3. The van der Waals surface area contributed by atoms with Crippen molar-refractivity contribution in [2.24, 2.45) is 0 Å². The SMILES string of the molecule is CC(=O)Nc1cc2c(cc1[N+](=O)[O-])C(=O)OC2=O. The number of hydrogen-bond donors (Lipinski definition) is 1. The van der Waals surface area contributed by atoms with Crippen LogP contribution < -0.4 is 5.32 Å². The number of carbonyl (C=O) groups excluding carboxylic acids is 3. The number of cyclic esters (lactones) is 2. The predicted octanol–water partition coefficient (Wildman–Crippen LogP) is 0.864. The first-order valence-electron chi connectivity index (χ1n) is 4.76. The summed E-state index contributed by atoms with van der Waals surface area (Å²) < 4.78 is 4.31. The molecule has 8 heteroatoms. The van der Waals surface area contributed by atoms with E-state index < -0.39 is 28.5 Å². The fourth-order valence-electron chi connectivity index (χ4n) is 1.56. The molecule has 0 atom stereocenters. The molecule has 92 valence electrons. The van der Waals surface area contributed by atoms with Crippen molar-refractivity contribution in [3.63, 3.8) is 0 Å². The van der Waals surface area contributed by atoms with Gasteiger partial charge in [-0.1, -0.05) is 0 Å². The normalized spacial score (nSPS) is 12.9. The third-order valence-corrected chi connectivity index (χ3v) is 2.27. The molecule has 1 N–H and O–H groups in total. The summed E-state index contributed by atoms with van der Waals surface area (Å²) in [6.45, 7) is 1.17.